The summed E-state index contributed by atoms with van der Waals surface area (Å²) in [6.45, 7) is 0. The van der Waals surface area contributed by atoms with Crippen molar-refractivity contribution in [2.45, 2.75) is 0 Å². The second-order valence-electron chi connectivity index (χ2n) is 5.01. The van der Waals surface area contributed by atoms with E-state index in [1.807, 2.05) is 0 Å². The van der Waals surface area contributed by atoms with Crippen molar-refractivity contribution < 1.29 is 18.8 Å². The number of nitrogens with zero attached hydrogens (tertiary/aromatic N) is 1. The first kappa shape index (κ1) is 15.4. The number of carbonyl (C=O) groups is 3. The van der Waals surface area contributed by atoms with Crippen LogP contribution in [0.4, 0.5) is 10.1 Å². The summed E-state index contributed by atoms with van der Waals surface area (Å²) in [5.41, 5.74) is 1.18. The summed E-state index contributed by atoms with van der Waals surface area (Å²) in [6, 6.07) is 8.21. The molecule has 0 aromatic heterocycles. The van der Waals surface area contributed by atoms with E-state index in [0.717, 1.165) is 4.90 Å². The molecular formula is C16H10BrFN2O3. The summed E-state index contributed by atoms with van der Waals surface area (Å²) in [5, 5.41) is 2.63. The van der Waals surface area contributed by atoms with E-state index in [9.17, 15) is 18.8 Å². The number of fused-ring (bicyclic) bond motifs is 1. The Morgan fingerprint density at radius 3 is 2.48 bits per heavy atom. The van der Waals surface area contributed by atoms with E-state index in [0.29, 0.717) is 15.7 Å². The van der Waals surface area contributed by atoms with Crippen LogP contribution in [0.5, 0.6) is 0 Å². The van der Waals surface area contributed by atoms with Gasteiger partial charge in [-0.15, -0.1) is 0 Å². The van der Waals surface area contributed by atoms with Gasteiger partial charge in [0.05, 0.1) is 16.7 Å². The van der Waals surface area contributed by atoms with Gasteiger partial charge in [0.2, 0.25) is 0 Å². The highest BCUT2D eigenvalue weighted by molar-refractivity contribution is 9.10. The quantitative estimate of drug-likeness (QED) is 0.819. The number of anilines is 1. The van der Waals surface area contributed by atoms with Gasteiger partial charge in [-0.2, -0.15) is 0 Å². The van der Waals surface area contributed by atoms with Gasteiger partial charge in [-0.3, -0.25) is 19.3 Å². The Kier molecular flexibility index (Phi) is 3.73. The van der Waals surface area contributed by atoms with Crippen LogP contribution in [0.15, 0.2) is 40.9 Å². The Labute approximate surface area is 139 Å². The van der Waals surface area contributed by atoms with Crippen molar-refractivity contribution in [1.82, 2.24) is 4.90 Å². The largest absolute Gasteiger partial charge is 0.322 e. The van der Waals surface area contributed by atoms with Gasteiger partial charge in [0.25, 0.3) is 17.7 Å². The predicted octanol–water partition coefficient (Wildman–Crippen LogP) is 3.07. The summed E-state index contributed by atoms with van der Waals surface area (Å²) in [4.78, 5) is 37.0. The molecular weight excluding hydrogens is 367 g/mol. The fourth-order valence-electron chi connectivity index (χ4n) is 2.31. The highest BCUT2D eigenvalue weighted by atomic mass is 79.9. The number of imide groups is 1. The molecule has 0 spiro atoms. The first-order valence-corrected chi connectivity index (χ1v) is 7.40. The van der Waals surface area contributed by atoms with Gasteiger partial charge in [0.1, 0.15) is 5.82 Å². The fourth-order valence-corrected chi connectivity index (χ4v) is 2.84. The van der Waals surface area contributed by atoms with E-state index in [2.05, 4.69) is 21.2 Å². The number of hydrogen-bond acceptors (Lipinski definition) is 3. The van der Waals surface area contributed by atoms with Crippen LogP contribution in [-0.2, 0) is 0 Å². The molecule has 2 aromatic rings. The first-order chi connectivity index (χ1) is 10.9. The molecule has 0 unspecified atom stereocenters. The average molecular weight is 377 g/mol. The molecule has 1 N–H and O–H groups in total. The van der Waals surface area contributed by atoms with Gasteiger partial charge in [0.15, 0.2) is 0 Å². The van der Waals surface area contributed by atoms with Gasteiger partial charge < -0.3 is 5.32 Å². The number of hydrogen-bond donors (Lipinski definition) is 1. The van der Waals surface area contributed by atoms with Crippen LogP contribution < -0.4 is 5.32 Å². The normalized spacial score (nSPS) is 13.3. The highest BCUT2D eigenvalue weighted by Gasteiger charge is 2.32. The predicted molar refractivity (Wildman–Crippen MR) is 84.9 cm³/mol. The van der Waals surface area contributed by atoms with Crippen molar-refractivity contribution in [2.75, 3.05) is 12.4 Å². The smallest absolute Gasteiger partial charge is 0.261 e. The molecule has 1 aliphatic rings. The minimum absolute atomic E-state index is 0.244. The highest BCUT2D eigenvalue weighted by Crippen LogP contribution is 2.26. The molecule has 23 heavy (non-hydrogen) atoms. The maximum atomic E-state index is 13.1. The molecule has 0 atom stereocenters. The molecule has 116 valence electrons. The van der Waals surface area contributed by atoms with Crippen molar-refractivity contribution in [3.05, 3.63) is 63.4 Å². The van der Waals surface area contributed by atoms with E-state index in [1.54, 1.807) is 6.07 Å². The van der Waals surface area contributed by atoms with Gasteiger partial charge in [0, 0.05) is 17.2 Å². The summed E-state index contributed by atoms with van der Waals surface area (Å²) >= 11 is 3.13. The molecule has 0 bridgehead atoms. The molecule has 2 aromatic carbocycles. The van der Waals surface area contributed by atoms with E-state index in [-0.39, 0.29) is 17.0 Å². The Hall–Kier alpha value is -2.54. The topological polar surface area (TPSA) is 66.5 Å². The van der Waals surface area contributed by atoms with Crippen LogP contribution in [0.25, 0.3) is 0 Å². The molecule has 0 radical (unpaired) electrons. The first-order valence-electron chi connectivity index (χ1n) is 6.61. The van der Waals surface area contributed by atoms with Crippen LogP contribution in [0.2, 0.25) is 0 Å². The molecule has 7 heteroatoms. The molecule has 0 aliphatic carbocycles. The van der Waals surface area contributed by atoms with Crippen molar-refractivity contribution in [3.63, 3.8) is 0 Å². The lowest BCUT2D eigenvalue weighted by molar-refractivity contribution is 0.0692. The summed E-state index contributed by atoms with van der Waals surface area (Å²) in [6.07, 6.45) is 0. The van der Waals surface area contributed by atoms with Gasteiger partial charge in [-0.1, -0.05) is 0 Å². The number of amides is 3. The molecule has 0 saturated heterocycles. The lowest BCUT2D eigenvalue weighted by Gasteiger charge is -2.08. The third-order valence-corrected chi connectivity index (χ3v) is 4.18. The van der Waals surface area contributed by atoms with Crippen LogP contribution in [0.1, 0.15) is 31.1 Å². The molecule has 3 amide bonds. The van der Waals surface area contributed by atoms with E-state index in [4.69, 9.17) is 0 Å². The maximum Gasteiger partial charge on any atom is 0.261 e. The van der Waals surface area contributed by atoms with Crippen LogP contribution in [0.3, 0.4) is 0 Å². The van der Waals surface area contributed by atoms with Crippen molar-refractivity contribution in [2.24, 2.45) is 0 Å². The van der Waals surface area contributed by atoms with E-state index in [1.165, 1.54) is 37.4 Å². The molecule has 3 rings (SSSR count). The molecule has 5 nitrogen and oxygen atoms in total. The summed E-state index contributed by atoms with van der Waals surface area (Å²) in [5.74, 6) is -1.70. The second kappa shape index (κ2) is 5.58. The van der Waals surface area contributed by atoms with E-state index < -0.39 is 17.6 Å². The number of halogens is 2. The Balaban J connectivity index is 1.89. The zero-order valence-corrected chi connectivity index (χ0v) is 13.5. The third kappa shape index (κ3) is 2.63. The Morgan fingerprint density at radius 1 is 1.09 bits per heavy atom. The lowest BCUT2D eigenvalue weighted by atomic mass is 10.1. The fraction of sp³-hybridized carbons (Fsp3) is 0.0625. The van der Waals surface area contributed by atoms with Crippen LogP contribution in [0, 0.1) is 5.82 Å². The monoisotopic (exact) mass is 376 g/mol. The third-order valence-electron chi connectivity index (χ3n) is 3.52. The lowest BCUT2D eigenvalue weighted by Crippen LogP contribution is -2.24. The number of rotatable bonds is 2. The Bertz CT molecular complexity index is 866. The van der Waals surface area contributed by atoms with Crippen molar-refractivity contribution >= 4 is 39.3 Å². The Morgan fingerprint density at radius 2 is 1.78 bits per heavy atom. The molecule has 0 saturated carbocycles. The van der Waals surface area contributed by atoms with E-state index >= 15 is 0 Å². The maximum absolute atomic E-state index is 13.1. The minimum Gasteiger partial charge on any atom is -0.322 e. The van der Waals surface area contributed by atoms with Gasteiger partial charge in [-0.05, 0) is 52.3 Å². The zero-order chi connectivity index (χ0) is 16.7. The standard InChI is InChI=1S/C16H10BrFN2O3/c1-20-15(22)10-5-3-9(7-12(10)16(20)23)19-14(21)11-4-2-8(18)6-13(11)17/h2-7H,1H3,(H,19,21). The van der Waals surface area contributed by atoms with Crippen LogP contribution >= 0.6 is 15.9 Å². The minimum atomic E-state index is -0.460. The SMILES string of the molecule is CN1C(=O)c2ccc(NC(=O)c3ccc(F)cc3Br)cc2C1=O. The number of benzene rings is 2. The van der Waals surface area contributed by atoms with Gasteiger partial charge >= 0.3 is 0 Å². The van der Waals surface area contributed by atoms with Crippen molar-refractivity contribution in [3.8, 4) is 0 Å². The number of carbonyl (C=O) groups excluding carboxylic acids is 3. The summed E-state index contributed by atoms with van der Waals surface area (Å²) in [7, 11) is 1.40. The van der Waals surface area contributed by atoms with Gasteiger partial charge in [-0.25, -0.2) is 4.39 Å². The van der Waals surface area contributed by atoms with Crippen molar-refractivity contribution in [1.29, 1.82) is 0 Å². The average Bonchev–Trinajstić information content (AvgIpc) is 2.72. The van der Waals surface area contributed by atoms with Crippen LogP contribution in [-0.4, -0.2) is 29.7 Å². The molecule has 0 fully saturated rings. The summed E-state index contributed by atoms with van der Waals surface area (Å²) < 4.78 is 13.4. The molecule has 1 aliphatic heterocycles. The zero-order valence-electron chi connectivity index (χ0n) is 11.9. The molecule has 1 heterocycles. The second-order valence-corrected chi connectivity index (χ2v) is 5.86. The number of nitrogens with one attached hydrogen (secondary N) is 1.